The van der Waals surface area contributed by atoms with E-state index in [1.54, 1.807) is 12.1 Å². The monoisotopic (exact) mass is 267 g/mol. The SMILES string of the molecule is NC(=NCCc1cccc(F)c1)N1CCSCC1. The minimum Gasteiger partial charge on any atom is -0.370 e. The lowest BCUT2D eigenvalue weighted by atomic mass is 10.1. The second-order valence-corrected chi connectivity index (χ2v) is 5.44. The van der Waals surface area contributed by atoms with Gasteiger partial charge < -0.3 is 10.6 Å². The highest BCUT2D eigenvalue weighted by Crippen LogP contribution is 2.09. The van der Waals surface area contributed by atoms with Crippen LogP contribution < -0.4 is 5.73 Å². The number of hydrogen-bond donors (Lipinski definition) is 1. The van der Waals surface area contributed by atoms with Gasteiger partial charge in [0.25, 0.3) is 0 Å². The van der Waals surface area contributed by atoms with Crippen LogP contribution in [0.1, 0.15) is 5.56 Å². The molecule has 1 saturated heterocycles. The maximum Gasteiger partial charge on any atom is 0.191 e. The number of rotatable bonds is 3. The van der Waals surface area contributed by atoms with Crippen molar-refractivity contribution in [3.63, 3.8) is 0 Å². The van der Waals surface area contributed by atoms with Gasteiger partial charge in [0.1, 0.15) is 5.82 Å². The molecule has 0 amide bonds. The molecule has 5 heteroatoms. The van der Waals surface area contributed by atoms with Gasteiger partial charge in [-0.2, -0.15) is 11.8 Å². The Labute approximate surface area is 111 Å². The van der Waals surface area contributed by atoms with E-state index < -0.39 is 0 Å². The van der Waals surface area contributed by atoms with Crippen molar-refractivity contribution in [3.8, 4) is 0 Å². The molecule has 0 unspecified atom stereocenters. The number of aliphatic imine (C=N–C) groups is 1. The Kier molecular flexibility index (Phi) is 4.87. The molecule has 1 aromatic rings. The molecule has 1 heterocycles. The largest absolute Gasteiger partial charge is 0.370 e. The molecule has 18 heavy (non-hydrogen) atoms. The molecule has 3 nitrogen and oxygen atoms in total. The fourth-order valence-corrected chi connectivity index (χ4v) is 2.79. The Bertz CT molecular complexity index is 416. The maximum absolute atomic E-state index is 13.0. The van der Waals surface area contributed by atoms with E-state index in [0.717, 1.165) is 36.6 Å². The third-order valence-electron chi connectivity index (χ3n) is 2.90. The summed E-state index contributed by atoms with van der Waals surface area (Å²) in [6.07, 6.45) is 0.723. The van der Waals surface area contributed by atoms with Crippen molar-refractivity contribution in [1.82, 2.24) is 4.90 Å². The van der Waals surface area contributed by atoms with Gasteiger partial charge in [-0.05, 0) is 24.1 Å². The summed E-state index contributed by atoms with van der Waals surface area (Å²) in [5, 5.41) is 0. The van der Waals surface area contributed by atoms with Crippen LogP contribution in [0.25, 0.3) is 0 Å². The van der Waals surface area contributed by atoms with Gasteiger partial charge in [-0.25, -0.2) is 4.39 Å². The van der Waals surface area contributed by atoms with E-state index in [4.69, 9.17) is 5.73 Å². The Morgan fingerprint density at radius 1 is 1.39 bits per heavy atom. The Morgan fingerprint density at radius 3 is 2.89 bits per heavy atom. The first-order chi connectivity index (χ1) is 8.75. The Hall–Kier alpha value is -1.23. The molecule has 0 atom stereocenters. The van der Waals surface area contributed by atoms with Crippen molar-refractivity contribution >= 4 is 17.7 Å². The van der Waals surface area contributed by atoms with Crippen LogP contribution in [-0.2, 0) is 6.42 Å². The molecule has 1 aliphatic heterocycles. The van der Waals surface area contributed by atoms with Crippen LogP contribution in [-0.4, -0.2) is 42.0 Å². The van der Waals surface area contributed by atoms with Crippen LogP contribution in [0, 0.1) is 5.82 Å². The molecule has 0 spiro atoms. The predicted molar refractivity (Wildman–Crippen MR) is 75.5 cm³/mol. The number of thioether (sulfide) groups is 1. The normalized spacial score (nSPS) is 16.9. The standard InChI is InChI=1S/C13H18FN3S/c14-12-3-1-2-11(10-12)4-5-16-13(15)17-6-8-18-9-7-17/h1-3,10H,4-9H2,(H2,15,16). The summed E-state index contributed by atoms with van der Waals surface area (Å²) in [6, 6.07) is 6.63. The zero-order valence-corrected chi connectivity index (χ0v) is 11.1. The van der Waals surface area contributed by atoms with Crippen molar-refractivity contribution in [3.05, 3.63) is 35.6 Å². The molecule has 0 saturated carbocycles. The predicted octanol–water partition coefficient (Wildman–Crippen LogP) is 1.73. The molecule has 2 rings (SSSR count). The van der Waals surface area contributed by atoms with E-state index in [0.29, 0.717) is 12.5 Å². The minimum absolute atomic E-state index is 0.197. The molecule has 2 N–H and O–H groups in total. The zero-order chi connectivity index (χ0) is 12.8. The van der Waals surface area contributed by atoms with Crippen LogP contribution in [0.2, 0.25) is 0 Å². The molecule has 1 fully saturated rings. The fourth-order valence-electron chi connectivity index (χ4n) is 1.88. The average Bonchev–Trinajstić information content (AvgIpc) is 2.40. The van der Waals surface area contributed by atoms with Gasteiger partial charge in [0.2, 0.25) is 0 Å². The number of halogens is 1. The minimum atomic E-state index is -0.197. The molecule has 0 aliphatic carbocycles. The second-order valence-electron chi connectivity index (χ2n) is 4.22. The van der Waals surface area contributed by atoms with Gasteiger partial charge in [-0.1, -0.05) is 12.1 Å². The van der Waals surface area contributed by atoms with E-state index in [1.807, 2.05) is 17.8 Å². The van der Waals surface area contributed by atoms with Gasteiger partial charge in [-0.15, -0.1) is 0 Å². The van der Waals surface area contributed by atoms with Crippen molar-refractivity contribution < 1.29 is 4.39 Å². The first-order valence-electron chi connectivity index (χ1n) is 6.13. The van der Waals surface area contributed by atoms with Crippen molar-refractivity contribution in [2.75, 3.05) is 31.1 Å². The second kappa shape index (κ2) is 6.64. The van der Waals surface area contributed by atoms with E-state index in [1.165, 1.54) is 6.07 Å². The molecular formula is C13H18FN3S. The third-order valence-corrected chi connectivity index (χ3v) is 3.84. The van der Waals surface area contributed by atoms with Crippen LogP contribution in [0.15, 0.2) is 29.3 Å². The van der Waals surface area contributed by atoms with E-state index in [9.17, 15) is 4.39 Å². The zero-order valence-electron chi connectivity index (χ0n) is 10.3. The maximum atomic E-state index is 13.0. The topological polar surface area (TPSA) is 41.6 Å². The smallest absolute Gasteiger partial charge is 0.191 e. The van der Waals surface area contributed by atoms with Crippen LogP contribution in [0.4, 0.5) is 4.39 Å². The number of guanidine groups is 1. The average molecular weight is 267 g/mol. The van der Waals surface area contributed by atoms with Crippen LogP contribution >= 0.6 is 11.8 Å². The highest BCUT2D eigenvalue weighted by molar-refractivity contribution is 7.99. The molecule has 0 radical (unpaired) electrons. The summed E-state index contributed by atoms with van der Waals surface area (Å²) in [6.45, 7) is 2.55. The summed E-state index contributed by atoms with van der Waals surface area (Å²) in [5.41, 5.74) is 6.89. The first kappa shape index (κ1) is 13.2. The number of nitrogens with zero attached hydrogens (tertiary/aromatic N) is 2. The Balaban J connectivity index is 1.83. The molecule has 0 bridgehead atoms. The van der Waals surface area contributed by atoms with Crippen molar-refractivity contribution in [1.29, 1.82) is 0 Å². The van der Waals surface area contributed by atoms with Crippen LogP contribution in [0.3, 0.4) is 0 Å². The van der Waals surface area contributed by atoms with Crippen molar-refractivity contribution in [2.24, 2.45) is 10.7 Å². The van der Waals surface area contributed by atoms with Gasteiger partial charge >= 0.3 is 0 Å². The summed E-state index contributed by atoms with van der Waals surface area (Å²) in [7, 11) is 0. The van der Waals surface area contributed by atoms with Crippen LogP contribution in [0.5, 0.6) is 0 Å². The van der Waals surface area contributed by atoms with Gasteiger partial charge in [0.05, 0.1) is 0 Å². The lowest BCUT2D eigenvalue weighted by molar-refractivity contribution is 0.456. The lowest BCUT2D eigenvalue weighted by Crippen LogP contribution is -2.42. The first-order valence-corrected chi connectivity index (χ1v) is 7.28. The third kappa shape index (κ3) is 3.91. The molecular weight excluding hydrogens is 249 g/mol. The van der Waals surface area contributed by atoms with Gasteiger partial charge in [-0.3, -0.25) is 4.99 Å². The molecule has 1 aromatic carbocycles. The summed E-state index contributed by atoms with van der Waals surface area (Å²) in [4.78, 5) is 6.47. The summed E-state index contributed by atoms with van der Waals surface area (Å²) in [5.74, 6) is 2.64. The highest BCUT2D eigenvalue weighted by atomic mass is 32.2. The Morgan fingerprint density at radius 2 is 2.17 bits per heavy atom. The summed E-state index contributed by atoms with van der Waals surface area (Å²) >= 11 is 1.94. The van der Waals surface area contributed by atoms with E-state index >= 15 is 0 Å². The molecule has 98 valence electrons. The number of benzene rings is 1. The van der Waals surface area contributed by atoms with Gasteiger partial charge in [0.15, 0.2) is 5.96 Å². The fraction of sp³-hybridized carbons (Fsp3) is 0.462. The van der Waals surface area contributed by atoms with E-state index in [2.05, 4.69) is 9.89 Å². The van der Waals surface area contributed by atoms with Gasteiger partial charge in [0, 0.05) is 31.1 Å². The lowest BCUT2D eigenvalue weighted by Gasteiger charge is -2.27. The number of hydrogen-bond acceptors (Lipinski definition) is 2. The number of nitrogens with two attached hydrogens (primary N) is 1. The molecule has 0 aromatic heterocycles. The summed E-state index contributed by atoms with van der Waals surface area (Å²) < 4.78 is 13.0. The highest BCUT2D eigenvalue weighted by Gasteiger charge is 2.11. The quantitative estimate of drug-likeness (QED) is 0.670. The molecule has 1 aliphatic rings. The van der Waals surface area contributed by atoms with E-state index in [-0.39, 0.29) is 5.82 Å². The van der Waals surface area contributed by atoms with Crippen molar-refractivity contribution in [2.45, 2.75) is 6.42 Å².